The van der Waals surface area contributed by atoms with Gasteiger partial charge in [0, 0.05) is 0 Å². The summed E-state index contributed by atoms with van der Waals surface area (Å²) in [5.41, 5.74) is 3.88. The van der Waals surface area contributed by atoms with Crippen molar-refractivity contribution in [1.29, 1.82) is 0 Å². The summed E-state index contributed by atoms with van der Waals surface area (Å²) in [6.45, 7) is 0.153. The molecule has 0 aromatic heterocycles. The lowest BCUT2D eigenvalue weighted by Crippen LogP contribution is -2.29. The standard InChI is InChI=1S/C21H15NO3/c23-20-18-8-4-5-9-19(18)21(24)22(20)25-14-15-10-12-17(13-11-15)16-6-2-1-3-7-16/h1-13H,14H2. The minimum Gasteiger partial charge on any atom is -0.266 e. The van der Waals surface area contributed by atoms with E-state index in [0.717, 1.165) is 21.8 Å². The summed E-state index contributed by atoms with van der Waals surface area (Å²) in [6, 6.07) is 24.6. The average molecular weight is 329 g/mol. The van der Waals surface area contributed by atoms with Gasteiger partial charge in [0.05, 0.1) is 11.1 Å². The topological polar surface area (TPSA) is 46.6 Å². The molecule has 4 nitrogen and oxygen atoms in total. The molecule has 2 amide bonds. The van der Waals surface area contributed by atoms with E-state index in [4.69, 9.17) is 4.84 Å². The highest BCUT2D eigenvalue weighted by molar-refractivity contribution is 6.20. The molecule has 3 aromatic rings. The second kappa shape index (κ2) is 6.34. The smallest absolute Gasteiger partial charge is 0.266 e. The third-order valence-electron chi connectivity index (χ3n) is 4.18. The third-order valence-corrected chi connectivity index (χ3v) is 4.18. The fraction of sp³-hybridized carbons (Fsp3) is 0.0476. The molecule has 25 heavy (non-hydrogen) atoms. The van der Waals surface area contributed by atoms with E-state index < -0.39 is 11.8 Å². The van der Waals surface area contributed by atoms with E-state index >= 15 is 0 Å². The highest BCUT2D eigenvalue weighted by atomic mass is 16.7. The molecule has 3 aromatic carbocycles. The number of fused-ring (bicyclic) bond motifs is 1. The molecule has 0 N–H and O–H groups in total. The van der Waals surface area contributed by atoms with E-state index in [0.29, 0.717) is 11.1 Å². The number of nitrogens with zero attached hydrogens (tertiary/aromatic N) is 1. The predicted molar refractivity (Wildman–Crippen MR) is 93.6 cm³/mol. The van der Waals surface area contributed by atoms with Crippen LogP contribution in [-0.2, 0) is 11.4 Å². The van der Waals surface area contributed by atoms with Crippen LogP contribution in [0.25, 0.3) is 11.1 Å². The molecule has 0 spiro atoms. The Morgan fingerprint density at radius 2 is 1.16 bits per heavy atom. The van der Waals surface area contributed by atoms with Crippen LogP contribution in [0.2, 0.25) is 0 Å². The van der Waals surface area contributed by atoms with Gasteiger partial charge in [-0.3, -0.25) is 14.4 Å². The number of hydrogen-bond acceptors (Lipinski definition) is 3. The van der Waals surface area contributed by atoms with Gasteiger partial charge in [0.15, 0.2) is 0 Å². The van der Waals surface area contributed by atoms with Gasteiger partial charge < -0.3 is 0 Å². The number of amides is 2. The molecule has 0 aliphatic carbocycles. The van der Waals surface area contributed by atoms with E-state index in [9.17, 15) is 9.59 Å². The SMILES string of the molecule is O=C1c2ccccc2C(=O)N1OCc1ccc(-c2ccccc2)cc1. The largest absolute Gasteiger partial charge is 0.285 e. The van der Waals surface area contributed by atoms with E-state index in [2.05, 4.69) is 0 Å². The minimum absolute atomic E-state index is 0.153. The van der Waals surface area contributed by atoms with Crippen LogP contribution >= 0.6 is 0 Å². The molecule has 0 bridgehead atoms. The number of hydrogen-bond donors (Lipinski definition) is 0. The molecule has 0 saturated heterocycles. The van der Waals surface area contributed by atoms with E-state index in [1.54, 1.807) is 24.3 Å². The number of rotatable bonds is 4. The van der Waals surface area contributed by atoms with Gasteiger partial charge in [0.25, 0.3) is 11.8 Å². The fourth-order valence-electron chi connectivity index (χ4n) is 2.85. The van der Waals surface area contributed by atoms with Crippen LogP contribution in [0.1, 0.15) is 26.3 Å². The zero-order valence-electron chi connectivity index (χ0n) is 13.4. The van der Waals surface area contributed by atoms with Crippen LogP contribution in [0.3, 0.4) is 0 Å². The van der Waals surface area contributed by atoms with Crippen molar-refractivity contribution in [2.24, 2.45) is 0 Å². The first-order valence-corrected chi connectivity index (χ1v) is 7.99. The third kappa shape index (κ3) is 2.84. The Hall–Kier alpha value is -3.24. The maximum atomic E-state index is 12.2. The summed E-state index contributed by atoms with van der Waals surface area (Å²) in [4.78, 5) is 30.0. The Balaban J connectivity index is 1.46. The van der Waals surface area contributed by atoms with Crippen molar-refractivity contribution in [2.75, 3.05) is 0 Å². The number of benzene rings is 3. The Labute approximate surface area is 145 Å². The lowest BCUT2D eigenvalue weighted by molar-refractivity contribution is -0.101. The van der Waals surface area contributed by atoms with Gasteiger partial charge in [-0.25, -0.2) is 0 Å². The first-order chi connectivity index (χ1) is 12.2. The van der Waals surface area contributed by atoms with E-state index in [1.807, 2.05) is 54.6 Å². The molecule has 1 aliphatic rings. The Morgan fingerprint density at radius 3 is 1.76 bits per heavy atom. The van der Waals surface area contributed by atoms with Crippen molar-refractivity contribution in [3.63, 3.8) is 0 Å². The minimum atomic E-state index is -0.415. The summed E-state index contributed by atoms with van der Waals surface area (Å²) in [5, 5.41) is 0.843. The number of carbonyl (C=O) groups excluding carboxylic acids is 2. The predicted octanol–water partition coefficient (Wildman–Crippen LogP) is 4.08. The molecule has 1 aliphatic heterocycles. The molecule has 0 radical (unpaired) electrons. The molecule has 0 atom stereocenters. The van der Waals surface area contributed by atoms with Gasteiger partial charge >= 0.3 is 0 Å². The zero-order valence-corrected chi connectivity index (χ0v) is 13.4. The second-order valence-corrected chi connectivity index (χ2v) is 5.79. The first kappa shape index (κ1) is 15.3. The van der Waals surface area contributed by atoms with Gasteiger partial charge in [-0.2, -0.15) is 0 Å². The lowest BCUT2D eigenvalue weighted by Gasteiger charge is -2.13. The number of hydroxylamine groups is 2. The fourth-order valence-corrected chi connectivity index (χ4v) is 2.85. The molecule has 122 valence electrons. The normalized spacial score (nSPS) is 13.2. The van der Waals surface area contributed by atoms with Crippen molar-refractivity contribution >= 4 is 11.8 Å². The molecule has 0 unspecified atom stereocenters. The van der Waals surface area contributed by atoms with Crippen LogP contribution < -0.4 is 0 Å². The summed E-state index contributed by atoms with van der Waals surface area (Å²) >= 11 is 0. The van der Waals surface area contributed by atoms with Crippen LogP contribution in [0.4, 0.5) is 0 Å². The quantitative estimate of drug-likeness (QED) is 0.678. The summed E-state index contributed by atoms with van der Waals surface area (Å²) < 4.78 is 0. The van der Waals surface area contributed by atoms with Crippen molar-refractivity contribution in [3.8, 4) is 11.1 Å². The molecule has 4 heteroatoms. The summed E-state index contributed by atoms with van der Waals surface area (Å²) in [6.07, 6.45) is 0. The van der Waals surface area contributed by atoms with Gasteiger partial charge in [0.1, 0.15) is 6.61 Å². The van der Waals surface area contributed by atoms with Crippen LogP contribution in [0.5, 0.6) is 0 Å². The van der Waals surface area contributed by atoms with Crippen LogP contribution in [0.15, 0.2) is 78.9 Å². The van der Waals surface area contributed by atoms with Crippen LogP contribution in [0, 0.1) is 0 Å². The van der Waals surface area contributed by atoms with Crippen molar-refractivity contribution in [2.45, 2.75) is 6.61 Å². The second-order valence-electron chi connectivity index (χ2n) is 5.79. The lowest BCUT2D eigenvalue weighted by atomic mass is 10.0. The van der Waals surface area contributed by atoms with E-state index in [-0.39, 0.29) is 6.61 Å². The maximum absolute atomic E-state index is 12.2. The van der Waals surface area contributed by atoms with Gasteiger partial charge in [-0.15, -0.1) is 5.06 Å². The first-order valence-electron chi connectivity index (χ1n) is 7.99. The molecular formula is C21H15NO3. The Kier molecular flexibility index (Phi) is 3.88. The molecule has 0 saturated carbocycles. The Bertz CT molecular complexity index is 898. The highest BCUT2D eigenvalue weighted by Crippen LogP contribution is 2.24. The molecule has 1 heterocycles. The van der Waals surface area contributed by atoms with Gasteiger partial charge in [-0.1, -0.05) is 66.7 Å². The summed E-state index contributed by atoms with van der Waals surface area (Å²) in [7, 11) is 0. The van der Waals surface area contributed by atoms with Gasteiger partial charge in [-0.05, 0) is 28.8 Å². The van der Waals surface area contributed by atoms with Gasteiger partial charge in [0.2, 0.25) is 0 Å². The van der Waals surface area contributed by atoms with E-state index in [1.165, 1.54) is 0 Å². The molecule has 0 fully saturated rings. The van der Waals surface area contributed by atoms with Crippen molar-refractivity contribution in [1.82, 2.24) is 5.06 Å². The monoisotopic (exact) mass is 329 g/mol. The molecular weight excluding hydrogens is 314 g/mol. The van der Waals surface area contributed by atoms with Crippen LogP contribution in [-0.4, -0.2) is 16.9 Å². The van der Waals surface area contributed by atoms with Crippen molar-refractivity contribution in [3.05, 3.63) is 95.6 Å². The maximum Gasteiger partial charge on any atom is 0.285 e. The highest BCUT2D eigenvalue weighted by Gasteiger charge is 2.36. The number of carbonyl (C=O) groups is 2. The summed E-state index contributed by atoms with van der Waals surface area (Å²) in [5.74, 6) is -0.831. The zero-order chi connectivity index (χ0) is 17.2. The Morgan fingerprint density at radius 1 is 0.640 bits per heavy atom. The van der Waals surface area contributed by atoms with Crippen molar-refractivity contribution < 1.29 is 14.4 Å². The number of imide groups is 1. The molecule has 4 rings (SSSR count). The average Bonchev–Trinajstić information content (AvgIpc) is 2.92.